The lowest BCUT2D eigenvalue weighted by Gasteiger charge is -2.29. The second-order valence-electron chi connectivity index (χ2n) is 7.26. The highest BCUT2D eigenvalue weighted by Crippen LogP contribution is 2.36. The predicted octanol–water partition coefficient (Wildman–Crippen LogP) is 3.19. The zero-order valence-electron chi connectivity index (χ0n) is 13.6. The number of aromatic amines is 1. The molecule has 3 aliphatic rings. The first-order chi connectivity index (χ1) is 11.7. The molecule has 2 aliphatic heterocycles. The standard InChI is InChI=1S/C19H21N3O2/c23-18-17-10-14-13-8-4-5-9-15(13)20-16(14)11-21(17)19(24)22(18)12-6-2-1-3-7-12/h4-5,8-9,12,17,20H,1-3,6-7,10-11H2. The number of amides is 3. The van der Waals surface area contributed by atoms with Gasteiger partial charge in [-0.05, 0) is 24.5 Å². The minimum absolute atomic E-state index is 0.0165. The third-order valence-electron chi connectivity index (χ3n) is 5.92. The Bertz CT molecular complexity index is 834. The van der Waals surface area contributed by atoms with E-state index < -0.39 is 0 Å². The van der Waals surface area contributed by atoms with Crippen LogP contribution in [0, 0.1) is 0 Å². The molecule has 3 amide bonds. The highest BCUT2D eigenvalue weighted by atomic mass is 16.2. The summed E-state index contributed by atoms with van der Waals surface area (Å²) in [5, 5.41) is 1.18. The van der Waals surface area contributed by atoms with Crippen molar-refractivity contribution in [2.45, 2.75) is 57.2 Å². The first-order valence-electron chi connectivity index (χ1n) is 8.96. The van der Waals surface area contributed by atoms with Gasteiger partial charge in [0, 0.05) is 29.1 Å². The third-order valence-corrected chi connectivity index (χ3v) is 5.92. The van der Waals surface area contributed by atoms with E-state index in [0.29, 0.717) is 13.0 Å². The Labute approximate surface area is 140 Å². The molecular weight excluding hydrogens is 302 g/mol. The van der Waals surface area contributed by atoms with Crippen molar-refractivity contribution in [3.05, 3.63) is 35.5 Å². The normalized spacial score (nSPS) is 24.6. The Morgan fingerprint density at radius 2 is 1.83 bits per heavy atom. The van der Waals surface area contributed by atoms with Crippen molar-refractivity contribution < 1.29 is 9.59 Å². The summed E-state index contributed by atoms with van der Waals surface area (Å²) in [6.07, 6.45) is 6.02. The first kappa shape index (κ1) is 14.1. The maximum absolute atomic E-state index is 13.0. The second kappa shape index (κ2) is 5.10. The van der Waals surface area contributed by atoms with E-state index in [0.717, 1.165) is 36.9 Å². The maximum atomic E-state index is 13.0. The molecule has 3 heterocycles. The quantitative estimate of drug-likeness (QED) is 0.820. The summed E-state index contributed by atoms with van der Waals surface area (Å²) < 4.78 is 0. The van der Waals surface area contributed by atoms with Crippen molar-refractivity contribution in [1.29, 1.82) is 0 Å². The van der Waals surface area contributed by atoms with Crippen LogP contribution in [0.4, 0.5) is 4.79 Å². The van der Waals surface area contributed by atoms with E-state index in [2.05, 4.69) is 17.1 Å². The summed E-state index contributed by atoms with van der Waals surface area (Å²) in [6, 6.07) is 7.90. The number of fused-ring (bicyclic) bond motifs is 4. The number of benzene rings is 1. The third kappa shape index (κ3) is 1.87. The van der Waals surface area contributed by atoms with E-state index in [1.54, 1.807) is 9.80 Å². The maximum Gasteiger partial charge on any atom is 0.328 e. The van der Waals surface area contributed by atoms with Crippen LogP contribution < -0.4 is 0 Å². The van der Waals surface area contributed by atoms with E-state index in [1.807, 2.05) is 12.1 Å². The molecule has 124 valence electrons. The molecule has 0 spiro atoms. The second-order valence-corrected chi connectivity index (χ2v) is 7.26. The zero-order chi connectivity index (χ0) is 16.3. The van der Waals surface area contributed by atoms with Crippen molar-refractivity contribution in [3.8, 4) is 0 Å². The molecule has 24 heavy (non-hydrogen) atoms. The van der Waals surface area contributed by atoms with Crippen LogP contribution in [0.15, 0.2) is 24.3 Å². The van der Waals surface area contributed by atoms with Crippen molar-refractivity contribution in [3.63, 3.8) is 0 Å². The molecule has 5 heteroatoms. The number of hydrogen-bond donors (Lipinski definition) is 1. The van der Waals surface area contributed by atoms with Crippen LogP contribution in [-0.2, 0) is 17.8 Å². The zero-order valence-corrected chi connectivity index (χ0v) is 13.6. The molecule has 2 aromatic rings. The van der Waals surface area contributed by atoms with Crippen molar-refractivity contribution in [1.82, 2.24) is 14.8 Å². The summed E-state index contributed by atoms with van der Waals surface area (Å²) in [5.41, 5.74) is 3.38. The number of carbonyl (C=O) groups is 2. The van der Waals surface area contributed by atoms with E-state index in [9.17, 15) is 9.59 Å². The molecule has 1 saturated carbocycles. The number of nitrogens with one attached hydrogen (secondary N) is 1. The number of H-pyrrole nitrogens is 1. The summed E-state index contributed by atoms with van der Waals surface area (Å²) in [7, 11) is 0. The van der Waals surface area contributed by atoms with Gasteiger partial charge in [0.05, 0.1) is 6.54 Å². The highest BCUT2D eigenvalue weighted by molar-refractivity contribution is 6.05. The van der Waals surface area contributed by atoms with Crippen LogP contribution >= 0.6 is 0 Å². The lowest BCUT2D eigenvalue weighted by molar-refractivity contribution is -0.130. The Morgan fingerprint density at radius 3 is 2.67 bits per heavy atom. The minimum atomic E-state index is -0.314. The molecule has 5 rings (SSSR count). The van der Waals surface area contributed by atoms with Gasteiger partial charge < -0.3 is 9.88 Å². The fourth-order valence-electron chi connectivity index (χ4n) is 4.70. The van der Waals surface area contributed by atoms with Gasteiger partial charge in [-0.15, -0.1) is 0 Å². The molecule has 1 atom stereocenters. The van der Waals surface area contributed by atoms with Gasteiger partial charge >= 0.3 is 6.03 Å². The Morgan fingerprint density at radius 1 is 1.04 bits per heavy atom. The topological polar surface area (TPSA) is 56.4 Å². The average molecular weight is 323 g/mol. The summed E-state index contributed by atoms with van der Waals surface area (Å²) in [4.78, 5) is 32.7. The molecular formula is C19H21N3O2. The van der Waals surface area contributed by atoms with E-state index in [1.165, 1.54) is 17.4 Å². The van der Waals surface area contributed by atoms with Crippen LogP contribution in [0.3, 0.4) is 0 Å². The fourth-order valence-corrected chi connectivity index (χ4v) is 4.70. The van der Waals surface area contributed by atoms with Gasteiger partial charge in [-0.25, -0.2) is 4.79 Å². The lowest BCUT2D eigenvalue weighted by atomic mass is 9.93. The summed E-state index contributed by atoms with van der Waals surface area (Å²) in [6.45, 7) is 0.516. The Hall–Kier alpha value is -2.30. The van der Waals surface area contributed by atoms with Crippen molar-refractivity contribution in [2.75, 3.05) is 0 Å². The van der Waals surface area contributed by atoms with Gasteiger partial charge in [-0.3, -0.25) is 9.69 Å². The number of para-hydroxylation sites is 1. The molecule has 0 bridgehead atoms. The highest BCUT2D eigenvalue weighted by Gasteiger charge is 2.50. The molecule has 5 nitrogen and oxygen atoms in total. The monoisotopic (exact) mass is 323 g/mol. The van der Waals surface area contributed by atoms with Crippen LogP contribution in [0.1, 0.15) is 43.4 Å². The van der Waals surface area contributed by atoms with E-state index in [-0.39, 0.29) is 24.0 Å². The number of rotatable bonds is 1. The molecule has 1 aliphatic carbocycles. The number of nitrogens with zero attached hydrogens (tertiary/aromatic N) is 2. The van der Waals surface area contributed by atoms with Crippen molar-refractivity contribution >= 4 is 22.8 Å². The van der Waals surface area contributed by atoms with Crippen LogP contribution in [0.5, 0.6) is 0 Å². The largest absolute Gasteiger partial charge is 0.357 e. The van der Waals surface area contributed by atoms with Crippen LogP contribution in [0.25, 0.3) is 10.9 Å². The molecule has 1 aromatic carbocycles. The average Bonchev–Trinajstić information content (AvgIpc) is 3.10. The van der Waals surface area contributed by atoms with Gasteiger partial charge in [0.15, 0.2) is 0 Å². The number of carbonyl (C=O) groups excluding carboxylic acids is 2. The molecule has 1 N–H and O–H groups in total. The SMILES string of the molecule is O=C1C2Cc3c([nH]c4ccccc34)CN2C(=O)N1C1CCCCC1. The van der Waals surface area contributed by atoms with Crippen molar-refractivity contribution in [2.24, 2.45) is 0 Å². The lowest BCUT2D eigenvalue weighted by Crippen LogP contribution is -2.42. The van der Waals surface area contributed by atoms with E-state index >= 15 is 0 Å². The van der Waals surface area contributed by atoms with Gasteiger partial charge in [0.2, 0.25) is 0 Å². The Kier molecular flexibility index (Phi) is 2.99. The molecule has 1 unspecified atom stereocenters. The van der Waals surface area contributed by atoms with Gasteiger partial charge in [0.25, 0.3) is 5.91 Å². The number of urea groups is 1. The first-order valence-corrected chi connectivity index (χ1v) is 8.96. The van der Waals surface area contributed by atoms with Gasteiger partial charge in [-0.2, -0.15) is 0 Å². The molecule has 1 aromatic heterocycles. The summed E-state index contributed by atoms with van der Waals surface area (Å²) >= 11 is 0. The molecule has 2 fully saturated rings. The minimum Gasteiger partial charge on any atom is -0.357 e. The van der Waals surface area contributed by atoms with Gasteiger partial charge in [-0.1, -0.05) is 37.5 Å². The predicted molar refractivity (Wildman–Crippen MR) is 90.4 cm³/mol. The smallest absolute Gasteiger partial charge is 0.328 e. The summed E-state index contributed by atoms with van der Waals surface area (Å²) in [5.74, 6) is 0.0165. The van der Waals surface area contributed by atoms with E-state index in [4.69, 9.17) is 0 Å². The van der Waals surface area contributed by atoms with Crippen LogP contribution in [-0.4, -0.2) is 38.8 Å². The fraction of sp³-hybridized carbons (Fsp3) is 0.474. The number of imide groups is 1. The van der Waals surface area contributed by atoms with Crippen LogP contribution in [0.2, 0.25) is 0 Å². The number of hydrogen-bond acceptors (Lipinski definition) is 2. The Balaban J connectivity index is 1.50. The molecule has 1 saturated heterocycles. The molecule has 0 radical (unpaired) electrons. The van der Waals surface area contributed by atoms with Gasteiger partial charge in [0.1, 0.15) is 6.04 Å². The number of aromatic nitrogens is 1.